The zero-order valence-corrected chi connectivity index (χ0v) is 32.5. The first kappa shape index (κ1) is 39.0. The Kier molecular flexibility index (Phi) is 12.5. The highest BCUT2D eigenvalue weighted by Gasteiger charge is 2.45. The fourth-order valence-corrected chi connectivity index (χ4v) is 7.26. The Morgan fingerprint density at radius 3 is 2.30 bits per heavy atom. The Morgan fingerprint density at radius 1 is 0.960 bits per heavy atom. The number of allylic oxidation sites excluding steroid dienone is 1. The summed E-state index contributed by atoms with van der Waals surface area (Å²) in [6, 6.07) is 20.1. The van der Waals surface area contributed by atoms with Crippen molar-refractivity contribution in [1.82, 2.24) is 10.2 Å². The van der Waals surface area contributed by atoms with Crippen molar-refractivity contribution in [2.45, 2.75) is 97.2 Å². The first-order valence-corrected chi connectivity index (χ1v) is 20.4. The Balaban J connectivity index is 1.70. The monoisotopic (exact) mass is 702 g/mol. The van der Waals surface area contributed by atoms with E-state index in [1.165, 1.54) is 6.07 Å². The number of ether oxygens (including phenoxy) is 2. The molecule has 0 aliphatic carbocycles. The lowest BCUT2D eigenvalue weighted by molar-refractivity contribution is 0.0466. The number of benzene rings is 3. The van der Waals surface area contributed by atoms with E-state index in [2.05, 4.69) is 45.3 Å². The molecule has 0 spiro atoms. The number of alkyl carbamates (subject to hydrolysis) is 1. The number of halogens is 1. The van der Waals surface area contributed by atoms with Gasteiger partial charge in [0.25, 0.3) is 5.91 Å². The number of hydrogen-bond acceptors (Lipinski definition) is 5. The Morgan fingerprint density at radius 2 is 1.64 bits per heavy atom. The van der Waals surface area contributed by atoms with E-state index in [0.29, 0.717) is 30.7 Å². The van der Waals surface area contributed by atoms with Gasteiger partial charge in [0.05, 0.1) is 12.1 Å². The topological polar surface area (TPSA) is 77.1 Å². The molecular formula is C41H55FN2O5Si. The van der Waals surface area contributed by atoms with Gasteiger partial charge in [-0.2, -0.15) is 0 Å². The molecule has 1 aliphatic rings. The molecule has 270 valence electrons. The predicted molar refractivity (Wildman–Crippen MR) is 202 cm³/mol. The summed E-state index contributed by atoms with van der Waals surface area (Å²) in [7, 11) is -0.576. The molecule has 1 fully saturated rings. The van der Waals surface area contributed by atoms with Crippen LogP contribution in [0.4, 0.5) is 9.18 Å². The lowest BCUT2D eigenvalue weighted by Gasteiger charge is -2.39. The molecule has 0 unspecified atom stereocenters. The summed E-state index contributed by atoms with van der Waals surface area (Å²) in [5.41, 5.74) is 4.60. The molecule has 0 bridgehead atoms. The number of likely N-dealkylation sites (tertiary alicyclic amines) is 1. The summed E-state index contributed by atoms with van der Waals surface area (Å²) in [6.45, 7) is 19.5. The zero-order chi connectivity index (χ0) is 36.9. The summed E-state index contributed by atoms with van der Waals surface area (Å²) in [5.74, 6) is -0.474. The van der Waals surface area contributed by atoms with Crippen LogP contribution in [0.3, 0.4) is 0 Å². The van der Waals surface area contributed by atoms with Crippen LogP contribution in [-0.2, 0) is 13.9 Å². The normalized spacial score (nSPS) is 17.2. The molecule has 1 heterocycles. The van der Waals surface area contributed by atoms with Gasteiger partial charge in [-0.15, -0.1) is 0 Å². The van der Waals surface area contributed by atoms with Crippen LogP contribution in [0.2, 0.25) is 18.1 Å². The molecule has 4 rings (SSSR count). The van der Waals surface area contributed by atoms with Gasteiger partial charge in [0.2, 0.25) is 0 Å². The fraction of sp³-hybridized carbons (Fsp3) is 0.463. The van der Waals surface area contributed by atoms with Crippen LogP contribution >= 0.6 is 0 Å². The van der Waals surface area contributed by atoms with Gasteiger partial charge in [0.15, 0.2) is 8.32 Å². The molecule has 1 saturated heterocycles. The van der Waals surface area contributed by atoms with Gasteiger partial charge < -0.3 is 24.1 Å². The maximum Gasteiger partial charge on any atom is 0.408 e. The fourth-order valence-electron chi connectivity index (χ4n) is 5.91. The molecule has 0 saturated carbocycles. The van der Waals surface area contributed by atoms with E-state index in [0.717, 1.165) is 34.2 Å². The van der Waals surface area contributed by atoms with Gasteiger partial charge in [-0.1, -0.05) is 80.9 Å². The number of unbranched alkanes of at least 4 members (excludes halogenated alkanes) is 1. The molecular weight excluding hydrogens is 648 g/mol. The minimum absolute atomic E-state index is 0.0601. The minimum Gasteiger partial charge on any atom is -0.444 e. The van der Waals surface area contributed by atoms with Crippen LogP contribution < -0.4 is 5.32 Å². The molecule has 2 amide bonds. The molecule has 1 N–H and O–H groups in total. The van der Waals surface area contributed by atoms with Crippen LogP contribution in [-0.4, -0.2) is 69.8 Å². The molecule has 1 aliphatic heterocycles. The summed E-state index contributed by atoms with van der Waals surface area (Å²) < 4.78 is 33.4. The van der Waals surface area contributed by atoms with Crippen molar-refractivity contribution in [3.63, 3.8) is 0 Å². The van der Waals surface area contributed by atoms with Crippen LogP contribution in [0.25, 0.3) is 16.7 Å². The Bertz CT molecular complexity index is 1690. The molecule has 9 heteroatoms. The number of aryl methyl sites for hydroxylation is 1. The Hall–Kier alpha value is -3.79. The third-order valence-electron chi connectivity index (χ3n) is 9.44. The molecule has 3 aromatic rings. The number of methoxy groups -OCH3 is 1. The molecule has 2 atom stereocenters. The summed E-state index contributed by atoms with van der Waals surface area (Å²) in [4.78, 5) is 28.9. The van der Waals surface area contributed by atoms with Crippen molar-refractivity contribution in [2.75, 3.05) is 26.8 Å². The van der Waals surface area contributed by atoms with Gasteiger partial charge in [-0.3, -0.25) is 4.79 Å². The van der Waals surface area contributed by atoms with Crippen molar-refractivity contribution < 1.29 is 27.9 Å². The molecule has 50 heavy (non-hydrogen) atoms. The number of nitrogens with zero attached hydrogens (tertiary/aromatic N) is 1. The van der Waals surface area contributed by atoms with E-state index >= 15 is 4.39 Å². The third-order valence-corrected chi connectivity index (χ3v) is 13.9. The molecule has 0 aromatic heterocycles. The number of carbonyl (C=O) groups excluding carboxylic acids is 2. The first-order valence-electron chi connectivity index (χ1n) is 17.5. The molecule has 7 nitrogen and oxygen atoms in total. The van der Waals surface area contributed by atoms with Gasteiger partial charge in [0, 0.05) is 37.9 Å². The van der Waals surface area contributed by atoms with E-state index < -0.39 is 32.2 Å². The van der Waals surface area contributed by atoms with Crippen LogP contribution in [0, 0.1) is 12.7 Å². The highest BCUT2D eigenvalue weighted by Crippen LogP contribution is 2.39. The SMILES string of the molecule is COCCC/C=C(/c1cccc(C(=O)N2C[C@H](O[Si](C)(C)C(C)(C)C)[C@H](NC(=O)OC(C)(C)C)C2)c1)c1cccc(F)c1-c1cccc(C)c1. The number of rotatable bonds is 11. The average Bonchev–Trinajstić information content (AvgIpc) is 3.40. The lowest BCUT2D eigenvalue weighted by Crippen LogP contribution is -2.51. The van der Waals surface area contributed by atoms with Crippen molar-refractivity contribution in [3.05, 3.63) is 101 Å². The second-order valence-corrected chi connectivity index (χ2v) is 20.5. The van der Waals surface area contributed by atoms with Gasteiger partial charge in [0.1, 0.15) is 11.4 Å². The number of amides is 2. The van der Waals surface area contributed by atoms with E-state index in [1.807, 2.05) is 76.2 Å². The van der Waals surface area contributed by atoms with Gasteiger partial charge in [-0.25, -0.2) is 9.18 Å². The van der Waals surface area contributed by atoms with Crippen LogP contribution in [0.5, 0.6) is 0 Å². The first-order chi connectivity index (χ1) is 23.4. The molecule has 3 aromatic carbocycles. The highest BCUT2D eigenvalue weighted by molar-refractivity contribution is 6.74. The van der Waals surface area contributed by atoms with Crippen molar-refractivity contribution >= 4 is 25.9 Å². The lowest BCUT2D eigenvalue weighted by atomic mass is 9.88. The molecule has 0 radical (unpaired) electrons. The van der Waals surface area contributed by atoms with Crippen molar-refractivity contribution in [3.8, 4) is 11.1 Å². The minimum atomic E-state index is -2.25. The highest BCUT2D eigenvalue weighted by atomic mass is 28.4. The maximum atomic E-state index is 15.7. The average molecular weight is 703 g/mol. The van der Waals surface area contributed by atoms with Gasteiger partial charge in [-0.05, 0) is 99.1 Å². The summed E-state index contributed by atoms with van der Waals surface area (Å²) in [5, 5.41) is 2.94. The number of carbonyl (C=O) groups is 2. The summed E-state index contributed by atoms with van der Waals surface area (Å²) >= 11 is 0. The number of hydrogen-bond donors (Lipinski definition) is 1. The second-order valence-electron chi connectivity index (χ2n) is 15.7. The van der Waals surface area contributed by atoms with E-state index in [4.69, 9.17) is 13.9 Å². The summed E-state index contributed by atoms with van der Waals surface area (Å²) in [6.07, 6.45) is 2.68. The number of nitrogens with one attached hydrogen (secondary N) is 1. The smallest absolute Gasteiger partial charge is 0.408 e. The van der Waals surface area contributed by atoms with E-state index in [9.17, 15) is 9.59 Å². The largest absolute Gasteiger partial charge is 0.444 e. The quantitative estimate of drug-likeness (QED) is 0.159. The van der Waals surface area contributed by atoms with Gasteiger partial charge >= 0.3 is 6.09 Å². The Labute approximate surface area is 299 Å². The maximum absolute atomic E-state index is 15.7. The predicted octanol–water partition coefficient (Wildman–Crippen LogP) is 9.40. The zero-order valence-electron chi connectivity index (χ0n) is 31.5. The van der Waals surface area contributed by atoms with Crippen LogP contribution in [0.15, 0.2) is 72.8 Å². The second kappa shape index (κ2) is 16.0. The van der Waals surface area contributed by atoms with E-state index in [-0.39, 0.29) is 23.3 Å². The third kappa shape index (κ3) is 9.92. The van der Waals surface area contributed by atoms with Crippen LogP contribution in [0.1, 0.15) is 81.4 Å². The van der Waals surface area contributed by atoms with Crippen molar-refractivity contribution in [2.24, 2.45) is 0 Å². The van der Waals surface area contributed by atoms with Crippen molar-refractivity contribution in [1.29, 1.82) is 0 Å². The van der Waals surface area contributed by atoms with E-state index in [1.54, 1.807) is 24.1 Å². The standard InChI is InChI=1S/C41H55FN2O5Si/c1-28-16-13-18-30(24-28)37-33(21-15-22-34(37)42)32(20-11-12-23-47-8)29-17-14-19-31(25-29)38(45)44-26-35(43-39(46)48-40(2,3)4)36(27-44)49-50(9,10)41(5,6)7/h13-22,24-25,35-36H,11-12,23,26-27H2,1-10H3,(H,43,46)/b32-20-/t35-,36+/m1/s1.